The molecule has 1 aromatic carbocycles. The molecule has 1 atom stereocenters. The Morgan fingerprint density at radius 3 is 2.75 bits per heavy atom. The average Bonchev–Trinajstić information content (AvgIpc) is 2.59. The number of carbonyl (C=O) groups excluding carboxylic acids is 1. The van der Waals surface area contributed by atoms with Crippen LogP contribution in [0.4, 0.5) is 0 Å². The Bertz CT molecular complexity index is 471. The van der Waals surface area contributed by atoms with Gasteiger partial charge in [-0.05, 0) is 41.1 Å². The highest BCUT2D eigenvalue weighted by Crippen LogP contribution is 2.26. The molecule has 0 bridgehead atoms. The molecule has 0 aromatic heterocycles. The summed E-state index contributed by atoms with van der Waals surface area (Å²) >= 11 is 3.39. The van der Waals surface area contributed by atoms with Crippen molar-refractivity contribution >= 4 is 27.7 Å². The fraction of sp³-hybridized carbons (Fsp3) is 0.273. The highest BCUT2D eigenvalue weighted by molar-refractivity contribution is 9.10. The van der Waals surface area contributed by atoms with Crippen molar-refractivity contribution in [2.75, 3.05) is 7.11 Å². The number of nitrogens with one attached hydrogen (secondary N) is 1. The SMILES string of the molecule is COc1ccc(C2=NC(C)C(=O)N2)cc1Br. The van der Waals surface area contributed by atoms with Gasteiger partial charge in [-0.2, -0.15) is 0 Å². The molecule has 1 N–H and O–H groups in total. The van der Waals surface area contributed by atoms with Gasteiger partial charge in [-0.3, -0.25) is 9.79 Å². The molecule has 1 aromatic rings. The third kappa shape index (κ3) is 1.95. The first-order chi connectivity index (χ1) is 7.61. The zero-order valence-electron chi connectivity index (χ0n) is 8.95. The molecule has 0 fully saturated rings. The van der Waals surface area contributed by atoms with Gasteiger partial charge in [0.15, 0.2) is 0 Å². The first-order valence-electron chi connectivity index (χ1n) is 4.84. The van der Waals surface area contributed by atoms with Gasteiger partial charge >= 0.3 is 0 Å². The van der Waals surface area contributed by atoms with Gasteiger partial charge in [0.2, 0.25) is 5.91 Å². The second-order valence-electron chi connectivity index (χ2n) is 3.49. The lowest BCUT2D eigenvalue weighted by molar-refractivity contribution is -0.119. The average molecular weight is 283 g/mol. The van der Waals surface area contributed by atoms with E-state index >= 15 is 0 Å². The Morgan fingerprint density at radius 2 is 2.25 bits per heavy atom. The minimum absolute atomic E-state index is 0.0676. The summed E-state index contributed by atoms with van der Waals surface area (Å²) < 4.78 is 5.97. The van der Waals surface area contributed by atoms with E-state index in [0.29, 0.717) is 5.84 Å². The topological polar surface area (TPSA) is 50.7 Å². The lowest BCUT2D eigenvalue weighted by Gasteiger charge is -2.06. The standard InChI is InChI=1S/C11H11BrN2O2/c1-6-11(15)14-10(13-6)7-3-4-9(16-2)8(12)5-7/h3-6H,1-2H3,(H,13,14,15). The van der Waals surface area contributed by atoms with E-state index in [-0.39, 0.29) is 11.9 Å². The van der Waals surface area contributed by atoms with E-state index < -0.39 is 0 Å². The molecule has 0 aliphatic carbocycles. The number of ether oxygens (including phenoxy) is 1. The largest absolute Gasteiger partial charge is 0.496 e. The molecule has 16 heavy (non-hydrogen) atoms. The Labute approximate surface area is 102 Å². The first-order valence-corrected chi connectivity index (χ1v) is 5.63. The van der Waals surface area contributed by atoms with Crippen LogP contribution in [0.15, 0.2) is 27.7 Å². The summed E-state index contributed by atoms with van der Waals surface area (Å²) in [5.41, 5.74) is 0.866. The number of hydrogen-bond acceptors (Lipinski definition) is 3. The van der Waals surface area contributed by atoms with E-state index in [1.807, 2.05) is 18.2 Å². The van der Waals surface area contributed by atoms with E-state index in [4.69, 9.17) is 4.74 Å². The predicted octanol–water partition coefficient (Wildman–Crippen LogP) is 1.72. The second kappa shape index (κ2) is 4.25. The third-order valence-electron chi connectivity index (χ3n) is 2.37. The number of amides is 1. The molecule has 5 heteroatoms. The monoisotopic (exact) mass is 282 g/mol. The van der Waals surface area contributed by atoms with Crippen LogP contribution in [-0.2, 0) is 4.79 Å². The molecule has 1 heterocycles. The Hall–Kier alpha value is -1.36. The van der Waals surface area contributed by atoms with Gasteiger partial charge in [0.25, 0.3) is 0 Å². The van der Waals surface area contributed by atoms with E-state index in [2.05, 4.69) is 26.2 Å². The molecule has 0 radical (unpaired) electrons. The van der Waals surface area contributed by atoms with Crippen LogP contribution >= 0.6 is 15.9 Å². The molecule has 1 aliphatic rings. The molecule has 1 amide bonds. The fourth-order valence-electron chi connectivity index (χ4n) is 1.47. The second-order valence-corrected chi connectivity index (χ2v) is 4.35. The first kappa shape index (κ1) is 11.1. The summed E-state index contributed by atoms with van der Waals surface area (Å²) in [6.07, 6.45) is 0. The van der Waals surface area contributed by atoms with Crippen molar-refractivity contribution in [2.24, 2.45) is 4.99 Å². The van der Waals surface area contributed by atoms with E-state index in [9.17, 15) is 4.79 Å². The van der Waals surface area contributed by atoms with E-state index in [1.54, 1.807) is 14.0 Å². The van der Waals surface area contributed by atoms with Gasteiger partial charge in [-0.15, -0.1) is 0 Å². The van der Waals surface area contributed by atoms with Crippen LogP contribution in [0, 0.1) is 0 Å². The smallest absolute Gasteiger partial charge is 0.250 e. The lowest BCUT2D eigenvalue weighted by Crippen LogP contribution is -2.27. The zero-order chi connectivity index (χ0) is 11.7. The number of aliphatic imine (C=N–C) groups is 1. The predicted molar refractivity (Wildman–Crippen MR) is 64.8 cm³/mol. The van der Waals surface area contributed by atoms with Crippen LogP contribution in [0.2, 0.25) is 0 Å². The van der Waals surface area contributed by atoms with Crippen molar-refractivity contribution in [3.63, 3.8) is 0 Å². The third-order valence-corrected chi connectivity index (χ3v) is 2.99. The van der Waals surface area contributed by atoms with Gasteiger partial charge in [-0.25, -0.2) is 0 Å². The van der Waals surface area contributed by atoms with E-state index in [0.717, 1.165) is 15.8 Å². The maximum atomic E-state index is 11.3. The molecule has 0 spiro atoms. The van der Waals surface area contributed by atoms with Crippen molar-refractivity contribution in [3.05, 3.63) is 28.2 Å². The van der Waals surface area contributed by atoms with Crippen molar-refractivity contribution in [3.8, 4) is 5.75 Å². The van der Waals surface area contributed by atoms with Crippen molar-refractivity contribution in [1.29, 1.82) is 0 Å². The fourth-order valence-corrected chi connectivity index (χ4v) is 2.01. The minimum atomic E-state index is -0.309. The number of rotatable bonds is 2. The van der Waals surface area contributed by atoms with Crippen molar-refractivity contribution in [2.45, 2.75) is 13.0 Å². The Balaban J connectivity index is 2.33. The van der Waals surface area contributed by atoms with Crippen molar-refractivity contribution < 1.29 is 9.53 Å². The molecule has 1 aliphatic heterocycles. The number of carbonyl (C=O) groups is 1. The van der Waals surface area contributed by atoms with Crippen LogP contribution in [0.5, 0.6) is 5.75 Å². The molecule has 4 nitrogen and oxygen atoms in total. The number of benzene rings is 1. The van der Waals surface area contributed by atoms with Gasteiger partial charge in [0, 0.05) is 5.56 Å². The quantitative estimate of drug-likeness (QED) is 0.898. The van der Waals surface area contributed by atoms with Gasteiger partial charge in [0.1, 0.15) is 17.6 Å². The van der Waals surface area contributed by atoms with Gasteiger partial charge < -0.3 is 10.1 Å². The molecular formula is C11H11BrN2O2. The normalized spacial score (nSPS) is 19.3. The zero-order valence-corrected chi connectivity index (χ0v) is 10.5. The van der Waals surface area contributed by atoms with E-state index in [1.165, 1.54) is 0 Å². The Morgan fingerprint density at radius 1 is 1.50 bits per heavy atom. The molecule has 84 valence electrons. The number of nitrogens with zero attached hydrogens (tertiary/aromatic N) is 1. The molecule has 1 unspecified atom stereocenters. The number of hydrogen-bond donors (Lipinski definition) is 1. The molecule has 0 saturated heterocycles. The Kier molecular flexibility index (Phi) is 2.96. The summed E-state index contributed by atoms with van der Waals surface area (Å²) in [4.78, 5) is 15.5. The summed E-state index contributed by atoms with van der Waals surface area (Å²) in [6, 6.07) is 5.25. The number of methoxy groups -OCH3 is 1. The summed E-state index contributed by atoms with van der Waals surface area (Å²) in [5, 5.41) is 2.73. The number of amidine groups is 1. The highest BCUT2D eigenvalue weighted by atomic mass is 79.9. The van der Waals surface area contributed by atoms with Gasteiger partial charge in [0.05, 0.1) is 11.6 Å². The van der Waals surface area contributed by atoms with Crippen LogP contribution in [0.25, 0.3) is 0 Å². The molecule has 0 saturated carbocycles. The van der Waals surface area contributed by atoms with Gasteiger partial charge in [-0.1, -0.05) is 0 Å². The number of halogens is 1. The van der Waals surface area contributed by atoms with Crippen LogP contribution in [-0.4, -0.2) is 24.9 Å². The lowest BCUT2D eigenvalue weighted by atomic mass is 10.2. The van der Waals surface area contributed by atoms with Crippen LogP contribution < -0.4 is 10.1 Å². The van der Waals surface area contributed by atoms with Crippen molar-refractivity contribution in [1.82, 2.24) is 5.32 Å². The minimum Gasteiger partial charge on any atom is -0.496 e. The molecule has 2 rings (SSSR count). The molecular weight excluding hydrogens is 272 g/mol. The summed E-state index contributed by atoms with van der Waals surface area (Å²) in [7, 11) is 1.61. The maximum absolute atomic E-state index is 11.3. The van der Waals surface area contributed by atoms with Crippen LogP contribution in [0.1, 0.15) is 12.5 Å². The summed E-state index contributed by atoms with van der Waals surface area (Å²) in [5.74, 6) is 1.30. The van der Waals surface area contributed by atoms with Crippen LogP contribution in [0.3, 0.4) is 0 Å². The summed E-state index contributed by atoms with van der Waals surface area (Å²) in [6.45, 7) is 1.76. The highest BCUT2D eigenvalue weighted by Gasteiger charge is 2.22. The maximum Gasteiger partial charge on any atom is 0.250 e.